The fourth-order valence-electron chi connectivity index (χ4n) is 2.88. The molecule has 3 rings (SSSR count). The maximum Gasteiger partial charge on any atom is 0.324 e. The first-order chi connectivity index (χ1) is 10.6. The number of carbonyl (C=O) groups excluding carboxylic acids is 2. The molecule has 6 heteroatoms. The average Bonchev–Trinajstić information content (AvgIpc) is 3.07. The summed E-state index contributed by atoms with van der Waals surface area (Å²) in [6, 6.07) is 7.61. The Balaban J connectivity index is 2.41. The SMILES string of the molecule is COC(=O)C(C(=O)OC)c1c2ccccc2n2ccn(C)c12. The van der Waals surface area contributed by atoms with Gasteiger partial charge in [-0.1, -0.05) is 18.2 Å². The molecule has 1 aromatic carbocycles. The van der Waals surface area contributed by atoms with Gasteiger partial charge in [0.15, 0.2) is 5.92 Å². The minimum Gasteiger partial charge on any atom is -0.468 e. The van der Waals surface area contributed by atoms with Crippen molar-refractivity contribution in [3.05, 3.63) is 42.2 Å². The first-order valence-corrected chi connectivity index (χ1v) is 6.79. The number of methoxy groups -OCH3 is 2. The third-order valence-corrected chi connectivity index (χ3v) is 3.86. The standard InChI is InChI=1S/C16H16N2O4/c1-17-8-9-18-11-7-5-4-6-10(11)12(14(17)18)13(15(19)21-2)16(20)22-3/h4-9,13H,1-3H3. The molecular weight excluding hydrogens is 284 g/mol. The Kier molecular flexibility index (Phi) is 3.36. The predicted molar refractivity (Wildman–Crippen MR) is 80.6 cm³/mol. The van der Waals surface area contributed by atoms with E-state index < -0.39 is 17.9 Å². The van der Waals surface area contributed by atoms with E-state index in [1.54, 1.807) is 0 Å². The average molecular weight is 300 g/mol. The molecule has 2 aromatic heterocycles. The zero-order valence-corrected chi connectivity index (χ0v) is 12.6. The molecule has 6 nitrogen and oxygen atoms in total. The zero-order chi connectivity index (χ0) is 15.9. The van der Waals surface area contributed by atoms with Gasteiger partial charge >= 0.3 is 11.9 Å². The van der Waals surface area contributed by atoms with Crippen molar-refractivity contribution in [2.45, 2.75) is 5.92 Å². The maximum absolute atomic E-state index is 12.2. The topological polar surface area (TPSA) is 61.9 Å². The second kappa shape index (κ2) is 5.22. The van der Waals surface area contributed by atoms with Gasteiger partial charge in [-0.25, -0.2) is 0 Å². The summed E-state index contributed by atoms with van der Waals surface area (Å²) in [6.07, 6.45) is 3.77. The minimum atomic E-state index is -1.11. The van der Waals surface area contributed by atoms with Crippen molar-refractivity contribution in [2.75, 3.05) is 14.2 Å². The highest BCUT2D eigenvalue weighted by molar-refractivity contribution is 6.08. The number of benzene rings is 1. The van der Waals surface area contributed by atoms with Gasteiger partial charge < -0.3 is 18.4 Å². The van der Waals surface area contributed by atoms with Crippen LogP contribution in [0.15, 0.2) is 36.7 Å². The van der Waals surface area contributed by atoms with E-state index in [1.807, 2.05) is 52.7 Å². The minimum absolute atomic E-state index is 0.599. The van der Waals surface area contributed by atoms with E-state index >= 15 is 0 Å². The van der Waals surface area contributed by atoms with E-state index in [4.69, 9.17) is 9.47 Å². The van der Waals surface area contributed by atoms with E-state index in [1.165, 1.54) is 14.2 Å². The summed E-state index contributed by atoms with van der Waals surface area (Å²) >= 11 is 0. The molecule has 0 fully saturated rings. The zero-order valence-electron chi connectivity index (χ0n) is 12.6. The van der Waals surface area contributed by atoms with Crippen LogP contribution >= 0.6 is 0 Å². The van der Waals surface area contributed by atoms with Crippen LogP contribution in [0.1, 0.15) is 11.5 Å². The first kappa shape index (κ1) is 14.2. The van der Waals surface area contributed by atoms with Gasteiger partial charge in [0, 0.05) is 30.4 Å². The molecule has 0 atom stereocenters. The summed E-state index contributed by atoms with van der Waals surface area (Å²) in [5, 5.41) is 0.828. The van der Waals surface area contributed by atoms with Crippen LogP contribution in [-0.2, 0) is 26.1 Å². The van der Waals surface area contributed by atoms with Crippen molar-refractivity contribution < 1.29 is 19.1 Å². The van der Waals surface area contributed by atoms with Gasteiger partial charge in [-0.3, -0.25) is 9.59 Å². The molecule has 0 saturated carbocycles. The second-order valence-corrected chi connectivity index (χ2v) is 5.01. The summed E-state index contributed by atoms with van der Waals surface area (Å²) in [6.45, 7) is 0. The Morgan fingerprint density at radius 3 is 2.32 bits per heavy atom. The number of hydrogen-bond acceptors (Lipinski definition) is 4. The van der Waals surface area contributed by atoms with E-state index in [0.717, 1.165) is 16.6 Å². The number of fused-ring (bicyclic) bond motifs is 3. The lowest BCUT2D eigenvalue weighted by Crippen LogP contribution is -2.24. The molecule has 0 unspecified atom stereocenters. The molecule has 2 heterocycles. The predicted octanol–water partition coefficient (Wildman–Crippen LogP) is 1.86. The maximum atomic E-state index is 12.2. The van der Waals surface area contributed by atoms with Gasteiger partial charge in [0.2, 0.25) is 0 Å². The number of nitrogens with zero attached hydrogens (tertiary/aromatic N) is 2. The van der Waals surface area contributed by atoms with Gasteiger partial charge in [-0.2, -0.15) is 0 Å². The van der Waals surface area contributed by atoms with Crippen molar-refractivity contribution in [1.29, 1.82) is 0 Å². The molecule has 0 bridgehead atoms. The van der Waals surface area contributed by atoms with E-state index in [9.17, 15) is 9.59 Å². The van der Waals surface area contributed by atoms with Crippen LogP contribution in [0.2, 0.25) is 0 Å². The van der Waals surface area contributed by atoms with Gasteiger partial charge in [0.25, 0.3) is 0 Å². The number of carbonyl (C=O) groups is 2. The lowest BCUT2D eigenvalue weighted by Gasteiger charge is -2.13. The Bertz CT molecular complexity index is 859. The molecule has 0 radical (unpaired) electrons. The summed E-state index contributed by atoms with van der Waals surface area (Å²) in [4.78, 5) is 24.4. The number of rotatable bonds is 3. The Labute approximate surface area is 126 Å². The van der Waals surface area contributed by atoms with Crippen molar-refractivity contribution in [3.8, 4) is 0 Å². The number of esters is 2. The van der Waals surface area contributed by atoms with Crippen LogP contribution in [0.25, 0.3) is 16.6 Å². The number of hydrogen-bond donors (Lipinski definition) is 0. The molecule has 0 aliphatic carbocycles. The second-order valence-electron chi connectivity index (χ2n) is 5.01. The van der Waals surface area contributed by atoms with Crippen LogP contribution in [0.5, 0.6) is 0 Å². The van der Waals surface area contributed by atoms with Gasteiger partial charge in [-0.05, 0) is 6.07 Å². The Morgan fingerprint density at radius 1 is 1.05 bits per heavy atom. The highest BCUT2D eigenvalue weighted by Gasteiger charge is 2.35. The molecular formula is C16H16N2O4. The molecule has 0 aliphatic heterocycles. The molecule has 22 heavy (non-hydrogen) atoms. The highest BCUT2D eigenvalue weighted by Crippen LogP contribution is 2.34. The lowest BCUT2D eigenvalue weighted by molar-refractivity contribution is -0.154. The van der Waals surface area contributed by atoms with Crippen LogP contribution < -0.4 is 0 Å². The fourth-order valence-corrected chi connectivity index (χ4v) is 2.88. The largest absolute Gasteiger partial charge is 0.468 e. The van der Waals surface area contributed by atoms with E-state index in [0.29, 0.717) is 5.56 Å². The van der Waals surface area contributed by atoms with Gasteiger partial charge in [-0.15, -0.1) is 0 Å². The third kappa shape index (κ3) is 1.88. The fraction of sp³-hybridized carbons (Fsp3) is 0.250. The molecule has 0 amide bonds. The van der Waals surface area contributed by atoms with Crippen molar-refractivity contribution in [1.82, 2.24) is 8.97 Å². The highest BCUT2D eigenvalue weighted by atomic mass is 16.5. The Morgan fingerprint density at radius 2 is 1.68 bits per heavy atom. The molecule has 0 N–H and O–H groups in total. The number of aryl methyl sites for hydroxylation is 1. The summed E-state index contributed by atoms with van der Waals surface area (Å²) in [5.41, 5.74) is 2.29. The van der Waals surface area contributed by atoms with E-state index in [-0.39, 0.29) is 0 Å². The van der Waals surface area contributed by atoms with E-state index in [2.05, 4.69) is 0 Å². The third-order valence-electron chi connectivity index (χ3n) is 3.86. The first-order valence-electron chi connectivity index (χ1n) is 6.79. The van der Waals surface area contributed by atoms with Crippen molar-refractivity contribution >= 4 is 28.5 Å². The summed E-state index contributed by atoms with van der Waals surface area (Å²) in [7, 11) is 4.39. The van der Waals surface area contributed by atoms with Crippen molar-refractivity contribution in [2.24, 2.45) is 7.05 Å². The summed E-state index contributed by atoms with van der Waals surface area (Å²) < 4.78 is 13.4. The molecule has 0 aliphatic rings. The van der Waals surface area contributed by atoms with Crippen molar-refractivity contribution in [3.63, 3.8) is 0 Å². The molecule has 0 spiro atoms. The smallest absolute Gasteiger partial charge is 0.324 e. The molecule has 114 valence electrons. The number of para-hydroxylation sites is 1. The van der Waals surface area contributed by atoms with Crippen LogP contribution in [0, 0.1) is 0 Å². The normalized spacial score (nSPS) is 11.3. The number of imidazole rings is 1. The molecule has 0 saturated heterocycles. The number of aromatic nitrogens is 2. The van der Waals surface area contributed by atoms with Gasteiger partial charge in [0.05, 0.1) is 19.7 Å². The lowest BCUT2D eigenvalue weighted by atomic mass is 9.98. The van der Waals surface area contributed by atoms with Crippen LogP contribution in [-0.4, -0.2) is 35.1 Å². The van der Waals surface area contributed by atoms with Gasteiger partial charge in [0.1, 0.15) is 5.65 Å². The monoisotopic (exact) mass is 300 g/mol. The number of ether oxygens (including phenoxy) is 2. The quantitative estimate of drug-likeness (QED) is 0.547. The Hall–Kier alpha value is -2.76. The molecule has 3 aromatic rings. The summed E-state index contributed by atoms with van der Waals surface area (Å²) in [5.74, 6) is -2.38. The van der Waals surface area contributed by atoms with Crippen LogP contribution in [0.4, 0.5) is 0 Å². The van der Waals surface area contributed by atoms with Crippen LogP contribution in [0.3, 0.4) is 0 Å².